The molecule has 0 radical (unpaired) electrons. The van der Waals surface area contributed by atoms with Crippen molar-refractivity contribution >= 4 is 23.8 Å². The first-order valence-corrected chi connectivity index (χ1v) is 10.2. The van der Waals surface area contributed by atoms with E-state index in [-0.39, 0.29) is 0 Å². The van der Waals surface area contributed by atoms with Gasteiger partial charge in [0, 0.05) is 10.6 Å². The number of carbonyl (C=O) groups excluding carboxylic acids is 1. The molecule has 1 aliphatic carbocycles. The van der Waals surface area contributed by atoms with E-state index < -0.39 is 6.03 Å². The average molecular weight is 416 g/mol. The predicted octanol–water partition coefficient (Wildman–Crippen LogP) is 4.85. The zero-order valence-electron chi connectivity index (χ0n) is 16.3. The molecule has 0 heterocycles. The van der Waals surface area contributed by atoms with Gasteiger partial charge in [-0.05, 0) is 54.7 Å². The van der Waals surface area contributed by atoms with Gasteiger partial charge in [0.25, 0.3) is 0 Å². The van der Waals surface area contributed by atoms with Crippen LogP contribution in [0.2, 0.25) is 5.02 Å². The Morgan fingerprint density at radius 2 is 1.83 bits per heavy atom. The molecule has 0 aromatic heterocycles. The number of halogens is 1. The highest BCUT2D eigenvalue weighted by atomic mass is 35.5. The molecule has 3 N–H and O–H groups in total. The van der Waals surface area contributed by atoms with E-state index in [2.05, 4.69) is 22.7 Å². The third-order valence-corrected chi connectivity index (χ3v) is 5.15. The number of nitrogens with two attached hydrogens (primary N) is 1. The number of rotatable bonds is 8. The van der Waals surface area contributed by atoms with Crippen molar-refractivity contribution in [2.75, 3.05) is 13.2 Å². The summed E-state index contributed by atoms with van der Waals surface area (Å²) in [6, 6.07) is 12.8. The van der Waals surface area contributed by atoms with Crippen LogP contribution in [0.4, 0.5) is 4.79 Å². The first kappa shape index (κ1) is 21.0. The Kier molecular flexibility index (Phi) is 7.76. The molecule has 3 rings (SSSR count). The van der Waals surface area contributed by atoms with E-state index >= 15 is 0 Å². The third kappa shape index (κ3) is 6.68. The van der Waals surface area contributed by atoms with Crippen LogP contribution in [0.15, 0.2) is 47.6 Å². The number of nitrogens with one attached hydrogen (secondary N) is 1. The van der Waals surface area contributed by atoms with E-state index in [4.69, 9.17) is 26.8 Å². The van der Waals surface area contributed by atoms with Crippen LogP contribution in [-0.2, 0) is 0 Å². The van der Waals surface area contributed by atoms with Gasteiger partial charge in [-0.25, -0.2) is 10.2 Å². The standard InChI is InChI=1S/C22H26ClN3O3/c23-19-8-11-21(18(14-19)15-25-26-22(24)27)29-13-12-28-20-9-6-17(7-10-20)16-4-2-1-3-5-16/h6-11,14-16H,1-5,12-13H2,(H3,24,26,27). The molecule has 2 aromatic carbocycles. The lowest BCUT2D eigenvalue weighted by Gasteiger charge is -2.22. The van der Waals surface area contributed by atoms with Gasteiger partial charge in [0.2, 0.25) is 0 Å². The number of carbonyl (C=O) groups is 1. The molecule has 1 saturated carbocycles. The van der Waals surface area contributed by atoms with E-state index in [1.807, 2.05) is 12.1 Å². The average Bonchev–Trinajstić information content (AvgIpc) is 2.73. The monoisotopic (exact) mass is 415 g/mol. The Bertz CT molecular complexity index is 834. The van der Waals surface area contributed by atoms with E-state index in [0.29, 0.717) is 35.5 Å². The maximum atomic E-state index is 10.7. The van der Waals surface area contributed by atoms with Crippen molar-refractivity contribution in [2.45, 2.75) is 38.0 Å². The number of hydrazone groups is 1. The van der Waals surface area contributed by atoms with Crippen LogP contribution in [-0.4, -0.2) is 25.5 Å². The molecule has 1 fully saturated rings. The van der Waals surface area contributed by atoms with Crippen LogP contribution in [0.3, 0.4) is 0 Å². The van der Waals surface area contributed by atoms with Crippen LogP contribution >= 0.6 is 11.6 Å². The third-order valence-electron chi connectivity index (χ3n) is 4.92. The first-order valence-electron chi connectivity index (χ1n) is 9.85. The molecular weight excluding hydrogens is 390 g/mol. The van der Waals surface area contributed by atoms with Crippen molar-refractivity contribution in [2.24, 2.45) is 10.8 Å². The molecule has 1 aliphatic rings. The fourth-order valence-electron chi connectivity index (χ4n) is 3.50. The van der Waals surface area contributed by atoms with Crippen molar-refractivity contribution in [1.29, 1.82) is 0 Å². The number of benzene rings is 2. The summed E-state index contributed by atoms with van der Waals surface area (Å²) in [6.07, 6.45) is 8.02. The van der Waals surface area contributed by atoms with Crippen LogP contribution in [0.5, 0.6) is 11.5 Å². The molecule has 6 nitrogen and oxygen atoms in total. The number of primary amides is 1. The van der Waals surface area contributed by atoms with Crippen molar-refractivity contribution in [3.63, 3.8) is 0 Å². The Morgan fingerprint density at radius 3 is 2.55 bits per heavy atom. The molecule has 0 spiro atoms. The minimum absolute atomic E-state index is 0.357. The van der Waals surface area contributed by atoms with E-state index in [9.17, 15) is 4.79 Å². The van der Waals surface area contributed by atoms with Gasteiger partial charge in [-0.1, -0.05) is 43.0 Å². The van der Waals surface area contributed by atoms with Gasteiger partial charge in [-0.2, -0.15) is 5.10 Å². The highest BCUT2D eigenvalue weighted by molar-refractivity contribution is 6.30. The summed E-state index contributed by atoms with van der Waals surface area (Å²) < 4.78 is 11.6. The number of hydrogen-bond acceptors (Lipinski definition) is 4. The smallest absolute Gasteiger partial charge is 0.332 e. The quantitative estimate of drug-likeness (QED) is 0.367. The maximum absolute atomic E-state index is 10.7. The molecule has 0 atom stereocenters. The summed E-state index contributed by atoms with van der Waals surface area (Å²) in [5, 5.41) is 4.28. The Labute approximate surface area is 176 Å². The largest absolute Gasteiger partial charge is 0.490 e. The number of hydrogen-bond donors (Lipinski definition) is 2. The number of urea groups is 1. The molecule has 29 heavy (non-hydrogen) atoms. The second kappa shape index (κ2) is 10.7. The molecule has 2 amide bonds. The van der Waals surface area contributed by atoms with Crippen molar-refractivity contribution < 1.29 is 14.3 Å². The second-order valence-electron chi connectivity index (χ2n) is 7.02. The van der Waals surface area contributed by atoms with Gasteiger partial charge < -0.3 is 15.2 Å². The summed E-state index contributed by atoms with van der Waals surface area (Å²) in [5.41, 5.74) is 9.17. The maximum Gasteiger partial charge on any atom is 0.332 e. The molecule has 0 unspecified atom stereocenters. The normalized spacial score (nSPS) is 14.7. The Balaban J connectivity index is 1.49. The summed E-state index contributed by atoms with van der Waals surface area (Å²) in [5.74, 6) is 2.10. The Hall–Kier alpha value is -2.73. The second-order valence-corrected chi connectivity index (χ2v) is 7.45. The summed E-state index contributed by atoms with van der Waals surface area (Å²) in [7, 11) is 0. The minimum Gasteiger partial charge on any atom is -0.490 e. The zero-order valence-corrected chi connectivity index (χ0v) is 17.0. The lowest BCUT2D eigenvalue weighted by molar-refractivity contribution is 0.217. The van der Waals surface area contributed by atoms with Crippen molar-refractivity contribution in [3.05, 3.63) is 58.6 Å². The fourth-order valence-corrected chi connectivity index (χ4v) is 3.68. The van der Waals surface area contributed by atoms with Crippen LogP contribution in [0, 0.1) is 0 Å². The predicted molar refractivity (Wildman–Crippen MR) is 115 cm³/mol. The van der Waals surface area contributed by atoms with E-state index in [1.54, 1.807) is 18.2 Å². The number of nitrogens with zero attached hydrogens (tertiary/aromatic N) is 1. The minimum atomic E-state index is -0.742. The first-order chi connectivity index (χ1) is 14.1. The van der Waals surface area contributed by atoms with Gasteiger partial charge in [-0.15, -0.1) is 0 Å². The molecule has 0 bridgehead atoms. The van der Waals surface area contributed by atoms with Gasteiger partial charge in [-0.3, -0.25) is 0 Å². The highest BCUT2D eigenvalue weighted by Crippen LogP contribution is 2.33. The fraction of sp³-hybridized carbons (Fsp3) is 0.364. The van der Waals surface area contributed by atoms with Crippen molar-refractivity contribution in [1.82, 2.24) is 5.43 Å². The summed E-state index contributed by atoms with van der Waals surface area (Å²) >= 11 is 6.01. The van der Waals surface area contributed by atoms with Gasteiger partial charge in [0.15, 0.2) is 0 Å². The lowest BCUT2D eigenvalue weighted by Crippen LogP contribution is -2.24. The molecular formula is C22H26ClN3O3. The van der Waals surface area contributed by atoms with Crippen LogP contribution in [0.25, 0.3) is 0 Å². The molecule has 0 aliphatic heterocycles. The molecule has 0 saturated heterocycles. The molecule has 7 heteroatoms. The van der Waals surface area contributed by atoms with Crippen LogP contribution < -0.4 is 20.6 Å². The van der Waals surface area contributed by atoms with Gasteiger partial charge in [0.1, 0.15) is 24.7 Å². The summed E-state index contributed by atoms with van der Waals surface area (Å²) in [4.78, 5) is 10.7. The highest BCUT2D eigenvalue weighted by Gasteiger charge is 2.15. The molecule has 2 aromatic rings. The van der Waals surface area contributed by atoms with Gasteiger partial charge in [0.05, 0.1) is 6.21 Å². The summed E-state index contributed by atoms with van der Waals surface area (Å²) in [6.45, 7) is 0.762. The Morgan fingerprint density at radius 1 is 1.10 bits per heavy atom. The topological polar surface area (TPSA) is 85.9 Å². The lowest BCUT2D eigenvalue weighted by atomic mass is 9.84. The zero-order chi connectivity index (χ0) is 20.5. The number of ether oxygens (including phenoxy) is 2. The van der Waals surface area contributed by atoms with Crippen molar-refractivity contribution in [3.8, 4) is 11.5 Å². The van der Waals surface area contributed by atoms with E-state index in [1.165, 1.54) is 43.9 Å². The van der Waals surface area contributed by atoms with Gasteiger partial charge >= 0.3 is 6.03 Å². The number of amides is 2. The molecule has 154 valence electrons. The van der Waals surface area contributed by atoms with Crippen LogP contribution in [0.1, 0.15) is 49.1 Å². The van der Waals surface area contributed by atoms with E-state index in [0.717, 1.165) is 5.75 Å². The SMILES string of the molecule is NC(=O)NN=Cc1cc(Cl)ccc1OCCOc1ccc(C2CCCCC2)cc1.